The number of nitrogens with one attached hydrogen (secondary N) is 1. The second-order valence-corrected chi connectivity index (χ2v) is 4.70. The molecule has 0 atom stereocenters. The molecule has 0 bridgehead atoms. The van der Waals surface area contributed by atoms with Crippen LogP contribution in [0.4, 0.5) is 0 Å². The van der Waals surface area contributed by atoms with Gasteiger partial charge in [-0.3, -0.25) is 14.3 Å². The van der Waals surface area contributed by atoms with Gasteiger partial charge in [-0.15, -0.1) is 0 Å². The van der Waals surface area contributed by atoms with Crippen molar-refractivity contribution in [2.45, 2.75) is 39.7 Å². The van der Waals surface area contributed by atoms with Crippen LogP contribution in [0.3, 0.4) is 0 Å². The summed E-state index contributed by atoms with van der Waals surface area (Å²) in [4.78, 5) is 26.3. The predicted molar refractivity (Wildman–Crippen MR) is 71.5 cm³/mol. The molecule has 0 unspecified atom stereocenters. The van der Waals surface area contributed by atoms with E-state index in [-0.39, 0.29) is 16.6 Å². The molecular formula is C12H19ClN2O3. The van der Waals surface area contributed by atoms with E-state index in [4.69, 9.17) is 16.3 Å². The summed E-state index contributed by atoms with van der Waals surface area (Å²) in [6.45, 7) is 7.13. The molecule has 0 spiro atoms. The largest absolute Gasteiger partial charge is 0.382 e. The van der Waals surface area contributed by atoms with E-state index >= 15 is 0 Å². The number of ether oxygens (including phenoxy) is 1. The summed E-state index contributed by atoms with van der Waals surface area (Å²) in [6, 6.07) is 0. The molecule has 1 N–H and O–H groups in total. The van der Waals surface area contributed by atoms with Crippen LogP contribution in [-0.2, 0) is 11.3 Å². The number of hydrogen-bond acceptors (Lipinski definition) is 3. The summed E-state index contributed by atoms with van der Waals surface area (Å²) in [7, 11) is 0. The third kappa shape index (κ3) is 3.46. The van der Waals surface area contributed by atoms with E-state index in [1.54, 1.807) is 0 Å². The van der Waals surface area contributed by atoms with Crippen molar-refractivity contribution in [3.8, 4) is 0 Å². The van der Waals surface area contributed by atoms with Crippen molar-refractivity contribution in [2.75, 3.05) is 13.2 Å². The summed E-state index contributed by atoms with van der Waals surface area (Å²) in [6.07, 6.45) is 0.621. The molecule has 0 radical (unpaired) electrons. The number of H-pyrrole nitrogens is 1. The van der Waals surface area contributed by atoms with Gasteiger partial charge in [-0.05, 0) is 19.3 Å². The highest BCUT2D eigenvalue weighted by molar-refractivity contribution is 6.30. The van der Waals surface area contributed by atoms with Gasteiger partial charge < -0.3 is 4.74 Å². The van der Waals surface area contributed by atoms with Crippen LogP contribution in [0.25, 0.3) is 0 Å². The Hall–Kier alpha value is -1.07. The van der Waals surface area contributed by atoms with Crippen LogP contribution in [0.2, 0.25) is 5.15 Å². The fourth-order valence-electron chi connectivity index (χ4n) is 1.73. The zero-order chi connectivity index (χ0) is 13.7. The van der Waals surface area contributed by atoms with Gasteiger partial charge >= 0.3 is 5.69 Å². The lowest BCUT2D eigenvalue weighted by molar-refractivity contribution is 0.141. The van der Waals surface area contributed by atoms with Crippen LogP contribution in [0.5, 0.6) is 0 Å². The minimum atomic E-state index is -0.467. The number of nitrogens with zero attached hydrogens (tertiary/aromatic N) is 1. The topological polar surface area (TPSA) is 64.1 Å². The zero-order valence-corrected chi connectivity index (χ0v) is 11.7. The first-order valence-corrected chi connectivity index (χ1v) is 6.47. The van der Waals surface area contributed by atoms with Crippen LogP contribution in [0.1, 0.15) is 38.7 Å². The van der Waals surface area contributed by atoms with Gasteiger partial charge in [0.15, 0.2) is 0 Å². The van der Waals surface area contributed by atoms with Crippen LogP contribution < -0.4 is 11.2 Å². The Kier molecular flexibility index (Phi) is 5.62. The molecule has 1 heterocycles. The highest BCUT2D eigenvalue weighted by Crippen LogP contribution is 2.16. The van der Waals surface area contributed by atoms with Crippen molar-refractivity contribution < 1.29 is 4.74 Å². The minimum absolute atomic E-state index is 0.0278. The molecule has 0 aliphatic heterocycles. The van der Waals surface area contributed by atoms with Crippen LogP contribution in [0.15, 0.2) is 9.59 Å². The molecule has 0 aromatic carbocycles. The Morgan fingerprint density at radius 1 is 1.39 bits per heavy atom. The molecule has 0 fully saturated rings. The van der Waals surface area contributed by atoms with Crippen LogP contribution in [0, 0.1) is 0 Å². The highest BCUT2D eigenvalue weighted by Gasteiger charge is 2.15. The summed E-state index contributed by atoms with van der Waals surface area (Å²) in [5, 5.41) is 0.140. The lowest BCUT2D eigenvalue weighted by Crippen LogP contribution is -2.38. The Morgan fingerprint density at radius 3 is 2.61 bits per heavy atom. The lowest BCUT2D eigenvalue weighted by atomic mass is 10.1. The van der Waals surface area contributed by atoms with E-state index in [0.29, 0.717) is 31.7 Å². The normalized spacial score (nSPS) is 11.2. The molecule has 5 nitrogen and oxygen atoms in total. The fraction of sp³-hybridized carbons (Fsp3) is 0.667. The van der Waals surface area contributed by atoms with E-state index in [1.807, 2.05) is 20.8 Å². The minimum Gasteiger partial charge on any atom is -0.382 e. The summed E-state index contributed by atoms with van der Waals surface area (Å²) in [5.41, 5.74) is -0.325. The van der Waals surface area contributed by atoms with Gasteiger partial charge in [0.2, 0.25) is 0 Å². The first kappa shape index (κ1) is 15.0. The SMILES string of the molecule is CCOCCCn1c(=O)[nH]c(Cl)c(C(C)C)c1=O. The number of aromatic amines is 1. The molecular weight excluding hydrogens is 256 g/mol. The molecule has 0 aliphatic rings. The number of rotatable bonds is 6. The third-order valence-corrected chi connectivity index (χ3v) is 2.92. The standard InChI is InChI=1S/C12H19ClN2O3/c1-4-18-7-5-6-15-11(16)9(8(2)3)10(13)14-12(15)17/h8H,4-7H2,1-3H3,(H,14,17). The first-order valence-electron chi connectivity index (χ1n) is 6.09. The van der Waals surface area contributed by atoms with Crippen LogP contribution >= 0.6 is 11.6 Å². The quantitative estimate of drug-likeness (QED) is 0.635. The van der Waals surface area contributed by atoms with E-state index in [2.05, 4.69) is 4.98 Å². The van der Waals surface area contributed by atoms with Crippen LogP contribution in [-0.4, -0.2) is 22.8 Å². The van der Waals surface area contributed by atoms with E-state index in [9.17, 15) is 9.59 Å². The summed E-state index contributed by atoms with van der Waals surface area (Å²) >= 11 is 5.89. The number of hydrogen-bond donors (Lipinski definition) is 1. The predicted octanol–water partition coefficient (Wildman–Crippen LogP) is 1.74. The van der Waals surface area contributed by atoms with Gasteiger partial charge in [-0.25, -0.2) is 4.79 Å². The van der Waals surface area contributed by atoms with E-state index in [1.165, 1.54) is 4.57 Å². The van der Waals surface area contributed by atoms with Gasteiger partial charge in [-0.2, -0.15) is 0 Å². The molecule has 1 aromatic heterocycles. The monoisotopic (exact) mass is 274 g/mol. The maximum Gasteiger partial charge on any atom is 0.329 e. The van der Waals surface area contributed by atoms with Crippen molar-refractivity contribution in [2.24, 2.45) is 0 Å². The molecule has 0 aliphatic carbocycles. The summed E-state index contributed by atoms with van der Waals surface area (Å²) < 4.78 is 6.36. The fourth-order valence-corrected chi connectivity index (χ4v) is 2.11. The van der Waals surface area contributed by atoms with E-state index < -0.39 is 5.69 Å². The molecule has 6 heteroatoms. The van der Waals surface area contributed by atoms with Gasteiger partial charge in [-0.1, -0.05) is 25.4 Å². The van der Waals surface area contributed by atoms with Crippen molar-refractivity contribution >= 4 is 11.6 Å². The van der Waals surface area contributed by atoms with Gasteiger partial charge in [0.1, 0.15) is 5.15 Å². The molecule has 0 saturated heterocycles. The maximum atomic E-state index is 12.1. The molecule has 102 valence electrons. The molecule has 0 saturated carbocycles. The second kappa shape index (κ2) is 6.75. The van der Waals surface area contributed by atoms with Gasteiger partial charge in [0.05, 0.1) is 5.56 Å². The summed E-state index contributed by atoms with van der Waals surface area (Å²) in [5.74, 6) is -0.0278. The van der Waals surface area contributed by atoms with Crippen molar-refractivity contribution in [1.29, 1.82) is 0 Å². The number of aromatic nitrogens is 2. The third-order valence-electron chi connectivity index (χ3n) is 2.63. The molecule has 0 amide bonds. The van der Waals surface area contributed by atoms with Crippen molar-refractivity contribution in [3.63, 3.8) is 0 Å². The van der Waals surface area contributed by atoms with E-state index in [0.717, 1.165) is 0 Å². The zero-order valence-electron chi connectivity index (χ0n) is 11.0. The molecule has 18 heavy (non-hydrogen) atoms. The van der Waals surface area contributed by atoms with Crippen molar-refractivity contribution in [1.82, 2.24) is 9.55 Å². The highest BCUT2D eigenvalue weighted by atomic mass is 35.5. The second-order valence-electron chi connectivity index (χ2n) is 4.32. The number of halogens is 1. The Morgan fingerprint density at radius 2 is 2.06 bits per heavy atom. The van der Waals surface area contributed by atoms with Gasteiger partial charge in [0.25, 0.3) is 5.56 Å². The van der Waals surface area contributed by atoms with Crippen molar-refractivity contribution in [3.05, 3.63) is 31.6 Å². The van der Waals surface area contributed by atoms with Gasteiger partial charge in [0, 0.05) is 19.8 Å². The Balaban J connectivity index is 3.01. The first-order chi connectivity index (χ1) is 8.49. The average molecular weight is 275 g/mol. The maximum absolute atomic E-state index is 12.1. The Bertz CT molecular complexity index is 505. The lowest BCUT2D eigenvalue weighted by Gasteiger charge is -2.11. The average Bonchev–Trinajstić information content (AvgIpc) is 2.26. The molecule has 1 rings (SSSR count). The molecule has 1 aromatic rings. The smallest absolute Gasteiger partial charge is 0.329 e. The Labute approximate surface area is 111 Å².